The second-order valence-electron chi connectivity index (χ2n) is 4.19. The molecule has 3 rings (SSSR count). The fourth-order valence-electron chi connectivity index (χ4n) is 2.22. The van der Waals surface area contributed by atoms with Crippen LogP contribution < -0.4 is 5.73 Å². The highest BCUT2D eigenvalue weighted by Crippen LogP contribution is 2.30. The number of nitrogens with two attached hydrogens (primary N) is 1. The van der Waals surface area contributed by atoms with Gasteiger partial charge in [-0.05, 0) is 25.3 Å². The number of fused-ring (bicyclic) bond motifs is 1. The van der Waals surface area contributed by atoms with E-state index in [0.717, 1.165) is 46.4 Å². The highest BCUT2D eigenvalue weighted by molar-refractivity contribution is 9.10. The van der Waals surface area contributed by atoms with Gasteiger partial charge < -0.3 is 5.73 Å². The SMILES string of the molecule is Nc1nc(-c2ccccc2Br)nc2c1CCC2. The van der Waals surface area contributed by atoms with Crippen molar-refractivity contribution in [3.8, 4) is 11.4 Å². The molecule has 1 aliphatic carbocycles. The molecule has 0 bridgehead atoms. The number of nitrogens with zero attached hydrogens (tertiary/aromatic N) is 2. The van der Waals surface area contributed by atoms with E-state index in [9.17, 15) is 0 Å². The van der Waals surface area contributed by atoms with E-state index in [-0.39, 0.29) is 0 Å². The van der Waals surface area contributed by atoms with Crippen LogP contribution in [-0.2, 0) is 12.8 Å². The van der Waals surface area contributed by atoms with Crippen LogP contribution in [0.3, 0.4) is 0 Å². The molecule has 0 aliphatic heterocycles. The molecule has 1 aromatic heterocycles. The van der Waals surface area contributed by atoms with Crippen LogP contribution in [0.2, 0.25) is 0 Å². The zero-order valence-electron chi connectivity index (χ0n) is 9.28. The molecule has 3 nitrogen and oxygen atoms in total. The van der Waals surface area contributed by atoms with Gasteiger partial charge >= 0.3 is 0 Å². The molecule has 2 aromatic rings. The second kappa shape index (κ2) is 4.11. The molecule has 0 saturated carbocycles. The first-order chi connectivity index (χ1) is 8.25. The summed E-state index contributed by atoms with van der Waals surface area (Å²) in [6.07, 6.45) is 3.16. The summed E-state index contributed by atoms with van der Waals surface area (Å²) in [6, 6.07) is 7.94. The molecular weight excluding hydrogens is 278 g/mol. The Hall–Kier alpha value is -1.42. The molecule has 0 spiro atoms. The minimum atomic E-state index is 0.637. The third kappa shape index (κ3) is 1.82. The predicted octanol–water partition coefficient (Wildman–Crippen LogP) is 2.98. The van der Waals surface area contributed by atoms with Gasteiger partial charge in [0.05, 0.1) is 0 Å². The zero-order chi connectivity index (χ0) is 11.8. The maximum absolute atomic E-state index is 5.99. The second-order valence-corrected chi connectivity index (χ2v) is 5.05. The van der Waals surface area contributed by atoms with Crippen molar-refractivity contribution in [3.05, 3.63) is 40.0 Å². The van der Waals surface area contributed by atoms with Crippen molar-refractivity contribution in [2.24, 2.45) is 0 Å². The van der Waals surface area contributed by atoms with Crippen molar-refractivity contribution < 1.29 is 0 Å². The van der Waals surface area contributed by atoms with Gasteiger partial charge in [0.25, 0.3) is 0 Å². The van der Waals surface area contributed by atoms with Gasteiger partial charge in [-0.25, -0.2) is 9.97 Å². The van der Waals surface area contributed by atoms with E-state index in [2.05, 4.69) is 25.9 Å². The number of nitrogen functional groups attached to an aromatic ring is 1. The van der Waals surface area contributed by atoms with Gasteiger partial charge in [-0.2, -0.15) is 0 Å². The van der Waals surface area contributed by atoms with E-state index in [1.165, 1.54) is 0 Å². The average Bonchev–Trinajstić information content (AvgIpc) is 2.78. The normalized spacial score (nSPS) is 13.7. The van der Waals surface area contributed by atoms with Crippen LogP contribution in [0, 0.1) is 0 Å². The summed E-state index contributed by atoms with van der Waals surface area (Å²) in [5.41, 5.74) is 9.24. The van der Waals surface area contributed by atoms with Crippen LogP contribution >= 0.6 is 15.9 Å². The largest absolute Gasteiger partial charge is 0.383 e. The maximum atomic E-state index is 5.99. The van der Waals surface area contributed by atoms with Crippen molar-refractivity contribution in [2.45, 2.75) is 19.3 Å². The van der Waals surface area contributed by atoms with Gasteiger partial charge in [-0.3, -0.25) is 0 Å². The Morgan fingerprint density at radius 1 is 1.12 bits per heavy atom. The van der Waals surface area contributed by atoms with Crippen molar-refractivity contribution in [1.29, 1.82) is 0 Å². The van der Waals surface area contributed by atoms with E-state index in [0.29, 0.717) is 5.82 Å². The topological polar surface area (TPSA) is 51.8 Å². The summed E-state index contributed by atoms with van der Waals surface area (Å²) in [5.74, 6) is 1.36. The van der Waals surface area contributed by atoms with E-state index < -0.39 is 0 Å². The van der Waals surface area contributed by atoms with Gasteiger partial charge in [0, 0.05) is 21.3 Å². The molecule has 0 radical (unpaired) electrons. The maximum Gasteiger partial charge on any atom is 0.162 e. The summed E-state index contributed by atoms with van der Waals surface area (Å²) in [7, 11) is 0. The number of benzene rings is 1. The molecule has 0 amide bonds. The molecule has 0 atom stereocenters. The first-order valence-electron chi connectivity index (χ1n) is 5.66. The molecule has 4 heteroatoms. The first-order valence-corrected chi connectivity index (χ1v) is 6.45. The van der Waals surface area contributed by atoms with E-state index >= 15 is 0 Å². The van der Waals surface area contributed by atoms with Gasteiger partial charge in [-0.1, -0.05) is 34.1 Å². The predicted molar refractivity (Wildman–Crippen MR) is 71.6 cm³/mol. The number of hydrogen-bond donors (Lipinski definition) is 1. The Morgan fingerprint density at radius 3 is 2.76 bits per heavy atom. The molecule has 17 heavy (non-hydrogen) atoms. The summed E-state index contributed by atoms with van der Waals surface area (Å²) in [6.45, 7) is 0. The molecule has 1 aliphatic rings. The van der Waals surface area contributed by atoms with Gasteiger partial charge in [0.1, 0.15) is 5.82 Å². The van der Waals surface area contributed by atoms with Crippen LogP contribution in [0.15, 0.2) is 28.7 Å². The van der Waals surface area contributed by atoms with Crippen LogP contribution in [-0.4, -0.2) is 9.97 Å². The number of aryl methyl sites for hydroxylation is 1. The molecule has 1 heterocycles. The monoisotopic (exact) mass is 289 g/mol. The number of rotatable bonds is 1. The van der Waals surface area contributed by atoms with E-state index in [1.807, 2.05) is 24.3 Å². The molecule has 0 fully saturated rings. The van der Waals surface area contributed by atoms with Crippen molar-refractivity contribution >= 4 is 21.7 Å². The number of aromatic nitrogens is 2. The third-order valence-corrected chi connectivity index (χ3v) is 3.77. The average molecular weight is 290 g/mol. The summed E-state index contributed by atoms with van der Waals surface area (Å²) >= 11 is 3.52. The lowest BCUT2D eigenvalue weighted by Gasteiger charge is -2.07. The minimum Gasteiger partial charge on any atom is -0.383 e. The van der Waals surface area contributed by atoms with Crippen molar-refractivity contribution in [3.63, 3.8) is 0 Å². The molecule has 86 valence electrons. The zero-order valence-corrected chi connectivity index (χ0v) is 10.9. The van der Waals surface area contributed by atoms with Gasteiger partial charge in [-0.15, -0.1) is 0 Å². The standard InChI is InChI=1S/C13H12BrN3/c14-10-6-2-1-4-8(10)13-16-11-7-3-5-9(11)12(15)17-13/h1-2,4,6H,3,5,7H2,(H2,15,16,17). The highest BCUT2D eigenvalue weighted by atomic mass is 79.9. The van der Waals surface area contributed by atoms with E-state index in [1.54, 1.807) is 0 Å². The first kappa shape index (κ1) is 10.7. The van der Waals surface area contributed by atoms with Crippen molar-refractivity contribution in [2.75, 3.05) is 5.73 Å². The number of halogens is 1. The highest BCUT2D eigenvalue weighted by Gasteiger charge is 2.18. The Balaban J connectivity index is 2.17. The minimum absolute atomic E-state index is 0.637. The third-order valence-electron chi connectivity index (χ3n) is 3.08. The quantitative estimate of drug-likeness (QED) is 0.878. The molecule has 0 unspecified atom stereocenters. The van der Waals surface area contributed by atoms with Crippen LogP contribution in [0.5, 0.6) is 0 Å². The van der Waals surface area contributed by atoms with Crippen LogP contribution in [0.4, 0.5) is 5.82 Å². The summed E-state index contributed by atoms with van der Waals surface area (Å²) < 4.78 is 0.998. The summed E-state index contributed by atoms with van der Waals surface area (Å²) in [5, 5.41) is 0. The molecular formula is C13H12BrN3. The van der Waals surface area contributed by atoms with Crippen molar-refractivity contribution in [1.82, 2.24) is 9.97 Å². The number of hydrogen-bond acceptors (Lipinski definition) is 3. The lowest BCUT2D eigenvalue weighted by atomic mass is 10.2. The molecule has 2 N–H and O–H groups in total. The lowest BCUT2D eigenvalue weighted by Crippen LogP contribution is -2.03. The fraction of sp³-hybridized carbons (Fsp3) is 0.231. The molecule has 0 saturated heterocycles. The summed E-state index contributed by atoms with van der Waals surface area (Å²) in [4.78, 5) is 9.04. The smallest absolute Gasteiger partial charge is 0.162 e. The van der Waals surface area contributed by atoms with Crippen LogP contribution in [0.1, 0.15) is 17.7 Å². The Bertz CT molecular complexity index is 581. The van der Waals surface area contributed by atoms with E-state index in [4.69, 9.17) is 5.73 Å². The van der Waals surface area contributed by atoms with Gasteiger partial charge in [0.2, 0.25) is 0 Å². The van der Waals surface area contributed by atoms with Crippen LogP contribution in [0.25, 0.3) is 11.4 Å². The lowest BCUT2D eigenvalue weighted by molar-refractivity contribution is 0.900. The Kier molecular flexibility index (Phi) is 2.59. The Morgan fingerprint density at radius 2 is 1.94 bits per heavy atom. The fourth-order valence-corrected chi connectivity index (χ4v) is 2.69. The van der Waals surface area contributed by atoms with Gasteiger partial charge in [0.15, 0.2) is 5.82 Å². The Labute approximate surface area is 108 Å². The number of anilines is 1. The molecule has 1 aromatic carbocycles.